The number of amides is 3. The van der Waals surface area contributed by atoms with Crippen LogP contribution in [-0.4, -0.2) is 68.1 Å². The van der Waals surface area contributed by atoms with Gasteiger partial charge in [-0.15, -0.1) is 30.6 Å². The van der Waals surface area contributed by atoms with Crippen LogP contribution in [0, 0.1) is 0 Å². The second kappa shape index (κ2) is 38.6. The lowest BCUT2D eigenvalue weighted by Crippen LogP contribution is -2.19. The molecule has 18 heteroatoms. The molecule has 10 aromatic rings. The molecule has 10 rings (SSSR count). The first kappa shape index (κ1) is 71.5. The molecule has 0 bridgehead atoms. The van der Waals surface area contributed by atoms with E-state index in [1.165, 1.54) is 134 Å². The van der Waals surface area contributed by atoms with Gasteiger partial charge in [0, 0.05) is 67.1 Å². The molecule has 0 saturated carbocycles. The Labute approximate surface area is 581 Å². The van der Waals surface area contributed by atoms with Crippen LogP contribution in [0.3, 0.4) is 0 Å². The van der Waals surface area contributed by atoms with Crippen LogP contribution in [0.25, 0.3) is 68.7 Å². The van der Waals surface area contributed by atoms with Crippen LogP contribution in [0.5, 0.6) is 17.2 Å². The molecule has 0 spiro atoms. The van der Waals surface area contributed by atoms with Crippen molar-refractivity contribution in [2.45, 2.75) is 175 Å². The molecule has 7 aromatic carbocycles. The minimum absolute atomic E-state index is 0.0510. The second-order valence-corrected chi connectivity index (χ2v) is 25.2. The maximum Gasteiger partial charge on any atom is 0.255 e. The number of nitrogens with zero attached hydrogens (tertiary/aromatic N) is 6. The molecule has 0 atom stereocenters. The first-order chi connectivity index (χ1) is 48.7. The summed E-state index contributed by atoms with van der Waals surface area (Å²) < 4.78 is 36.3. The molecule has 0 fully saturated rings. The number of nitrogens with one attached hydrogen (secondary N) is 3. The summed E-state index contributed by atoms with van der Waals surface area (Å²) in [5, 5.41) is 34.5. The number of carbonyl (C=O) groups excluding carboxylic acids is 3. The van der Waals surface area contributed by atoms with Crippen LogP contribution in [0.15, 0.2) is 177 Å². The SMILES string of the molecule is CCCCCCCCCCOc1ccc(-c2nnc(-c3ccc(NC(=O)c4cc(C(=O)Nc5ccc(-c6nnc(-c7ccc(OCCCCCCCCCC)cc7)o6)cc5)cc(C(=O)Nc5ccc(-c6nnc(-c7ccc(OCCCCCCCCCC)cc7)o6)cc5)c4)cc3)o2)cc1. The van der Waals surface area contributed by atoms with Crippen molar-refractivity contribution in [1.29, 1.82) is 0 Å². The minimum Gasteiger partial charge on any atom is -0.494 e. The van der Waals surface area contributed by atoms with Crippen molar-refractivity contribution in [3.8, 4) is 86.0 Å². The van der Waals surface area contributed by atoms with E-state index in [0.29, 0.717) is 88.9 Å². The van der Waals surface area contributed by atoms with Crippen LogP contribution < -0.4 is 30.2 Å². The summed E-state index contributed by atoms with van der Waals surface area (Å²) in [5.74, 6) is 2.59. The number of anilines is 3. The van der Waals surface area contributed by atoms with E-state index < -0.39 is 17.7 Å². The van der Waals surface area contributed by atoms with Gasteiger partial charge in [0.05, 0.1) is 19.8 Å². The zero-order valence-electron chi connectivity index (χ0n) is 57.5. The van der Waals surface area contributed by atoms with Crippen molar-refractivity contribution >= 4 is 34.8 Å². The van der Waals surface area contributed by atoms with Gasteiger partial charge < -0.3 is 43.4 Å². The summed E-state index contributed by atoms with van der Waals surface area (Å²) in [6.45, 7) is 8.73. The molecule has 3 aromatic heterocycles. The normalized spacial score (nSPS) is 11.2. The Bertz CT molecular complexity index is 3620. The number of ether oxygens (including phenoxy) is 3. The number of unbranched alkanes of at least 4 members (excludes halogenated alkanes) is 21. The fraction of sp³-hybridized carbons (Fsp3) is 0.370. The largest absolute Gasteiger partial charge is 0.494 e. The highest BCUT2D eigenvalue weighted by atomic mass is 16.5. The van der Waals surface area contributed by atoms with E-state index in [1.54, 1.807) is 72.8 Å². The summed E-state index contributed by atoms with van der Waals surface area (Å²) in [6.07, 6.45) is 29.7. The van der Waals surface area contributed by atoms with Gasteiger partial charge in [-0.25, -0.2) is 0 Å². The van der Waals surface area contributed by atoms with Gasteiger partial charge in [0.2, 0.25) is 35.3 Å². The van der Waals surface area contributed by atoms with Gasteiger partial charge in [-0.1, -0.05) is 156 Å². The molecule has 3 heterocycles. The fourth-order valence-electron chi connectivity index (χ4n) is 11.4. The van der Waals surface area contributed by atoms with E-state index in [2.05, 4.69) is 67.3 Å². The lowest BCUT2D eigenvalue weighted by Gasteiger charge is -2.12. The van der Waals surface area contributed by atoms with Gasteiger partial charge in [0.15, 0.2) is 0 Å². The molecule has 3 amide bonds. The molecule has 18 nitrogen and oxygen atoms in total. The van der Waals surface area contributed by atoms with Crippen LogP contribution in [0.4, 0.5) is 17.1 Å². The van der Waals surface area contributed by atoms with Gasteiger partial charge in [-0.3, -0.25) is 14.4 Å². The van der Waals surface area contributed by atoms with E-state index >= 15 is 0 Å². The zero-order valence-corrected chi connectivity index (χ0v) is 57.5. The Morgan fingerprint density at radius 2 is 0.465 bits per heavy atom. The van der Waals surface area contributed by atoms with Gasteiger partial charge in [-0.05, 0) is 183 Å². The summed E-state index contributed by atoms with van der Waals surface area (Å²) >= 11 is 0. The van der Waals surface area contributed by atoms with Gasteiger partial charge in [-0.2, -0.15) is 0 Å². The topological polar surface area (TPSA) is 232 Å². The first-order valence-electron chi connectivity index (χ1n) is 35.8. The lowest BCUT2D eigenvalue weighted by molar-refractivity contribution is 0.102. The van der Waals surface area contributed by atoms with Crippen LogP contribution in [-0.2, 0) is 0 Å². The van der Waals surface area contributed by atoms with Crippen molar-refractivity contribution in [2.75, 3.05) is 35.8 Å². The number of hydrogen-bond donors (Lipinski definition) is 3. The van der Waals surface area contributed by atoms with E-state index in [9.17, 15) is 14.4 Å². The second-order valence-electron chi connectivity index (χ2n) is 25.2. The summed E-state index contributed by atoms with van der Waals surface area (Å²) in [7, 11) is 0. The molecule has 0 aliphatic carbocycles. The molecule has 0 aliphatic rings. The average molecular weight is 1340 g/mol. The maximum absolute atomic E-state index is 14.2. The molecule has 99 heavy (non-hydrogen) atoms. The van der Waals surface area contributed by atoms with Crippen molar-refractivity contribution in [2.24, 2.45) is 0 Å². The number of rotatable bonds is 42. The molecule has 3 N–H and O–H groups in total. The monoisotopic (exact) mass is 1340 g/mol. The highest BCUT2D eigenvalue weighted by Gasteiger charge is 2.20. The number of carbonyl (C=O) groups is 3. The predicted molar refractivity (Wildman–Crippen MR) is 390 cm³/mol. The molecule has 0 saturated heterocycles. The van der Waals surface area contributed by atoms with Crippen molar-refractivity contribution < 1.29 is 41.8 Å². The highest BCUT2D eigenvalue weighted by Crippen LogP contribution is 2.32. The van der Waals surface area contributed by atoms with Crippen LogP contribution in [0.2, 0.25) is 0 Å². The number of aromatic nitrogens is 6. The summed E-state index contributed by atoms with van der Waals surface area (Å²) in [5.41, 5.74) is 5.61. The highest BCUT2D eigenvalue weighted by molar-refractivity contribution is 6.13. The van der Waals surface area contributed by atoms with Crippen molar-refractivity contribution in [1.82, 2.24) is 30.6 Å². The smallest absolute Gasteiger partial charge is 0.255 e. The van der Waals surface area contributed by atoms with Crippen LogP contribution >= 0.6 is 0 Å². The third-order valence-electron chi connectivity index (χ3n) is 17.3. The van der Waals surface area contributed by atoms with E-state index in [-0.39, 0.29) is 16.7 Å². The molecule has 0 unspecified atom stereocenters. The molecule has 0 aliphatic heterocycles. The molecular weight excluding hydrogens is 1240 g/mol. The quantitative estimate of drug-likeness (QED) is 0.0302. The molecule has 516 valence electrons. The molecule has 0 radical (unpaired) electrons. The Hall–Kier alpha value is -10.2. The standard InChI is InChI=1S/C81H93N9O9/c1-4-7-10-13-16-19-22-25-52-94-70-46-34-61(35-47-70)79-88-85-76(97-79)58-28-40-67(41-29-58)82-73(91)64-55-65(74(92)83-68-42-30-59(31-43-68)77-86-89-80(98-77)62-36-48-71(49-37-62)95-53-26-23-20-17-14-11-8-5-2)57-66(56-64)75(93)84-69-44-32-60(33-45-69)78-87-90-81(99-78)63-38-50-72(51-39-63)96-54-27-24-21-18-15-12-9-6-3/h28-51,55-57H,4-27,52-54H2,1-3H3,(H,82,91)(H,83,92)(H,84,93). The number of hydrogen-bond acceptors (Lipinski definition) is 15. The third kappa shape index (κ3) is 22.4. The maximum atomic E-state index is 14.2. The average Bonchev–Trinajstić information content (AvgIpc) is 1.81. The summed E-state index contributed by atoms with van der Waals surface area (Å²) in [4.78, 5) is 42.7. The zero-order chi connectivity index (χ0) is 68.6. The van der Waals surface area contributed by atoms with Gasteiger partial charge in [0.25, 0.3) is 17.7 Å². The predicted octanol–water partition coefficient (Wildman–Crippen LogP) is 21.2. The van der Waals surface area contributed by atoms with E-state index in [4.69, 9.17) is 27.5 Å². The summed E-state index contributed by atoms with van der Waals surface area (Å²) in [6, 6.07) is 47.9. The van der Waals surface area contributed by atoms with Crippen molar-refractivity contribution in [3.63, 3.8) is 0 Å². The van der Waals surface area contributed by atoms with E-state index in [0.717, 1.165) is 72.5 Å². The Morgan fingerprint density at radius 3 is 0.677 bits per heavy atom. The Kier molecular flexibility index (Phi) is 27.9. The Balaban J connectivity index is 0.769. The van der Waals surface area contributed by atoms with Gasteiger partial charge >= 0.3 is 0 Å². The van der Waals surface area contributed by atoms with Gasteiger partial charge in [0.1, 0.15) is 17.2 Å². The van der Waals surface area contributed by atoms with Crippen LogP contribution in [0.1, 0.15) is 206 Å². The number of benzene rings is 7. The third-order valence-corrected chi connectivity index (χ3v) is 17.3. The molecular formula is C81H93N9O9. The minimum atomic E-state index is -0.569. The van der Waals surface area contributed by atoms with Crippen molar-refractivity contribution in [3.05, 3.63) is 180 Å². The van der Waals surface area contributed by atoms with E-state index in [1.807, 2.05) is 72.8 Å². The fourth-order valence-corrected chi connectivity index (χ4v) is 11.4. The first-order valence-corrected chi connectivity index (χ1v) is 35.8. The Morgan fingerprint density at radius 1 is 0.273 bits per heavy atom. The lowest BCUT2D eigenvalue weighted by atomic mass is 10.0.